The number of carbonyl (C=O) groups is 1. The molecule has 0 aliphatic rings. The van der Waals surface area contributed by atoms with E-state index in [1.165, 1.54) is 10.9 Å². The van der Waals surface area contributed by atoms with Crippen molar-refractivity contribution >= 4 is 17.3 Å². The van der Waals surface area contributed by atoms with Gasteiger partial charge >= 0.3 is 0 Å². The minimum absolute atomic E-state index is 0.176. The molecule has 3 rings (SSSR count). The zero-order chi connectivity index (χ0) is 20.3. The van der Waals surface area contributed by atoms with E-state index in [4.69, 9.17) is 4.74 Å². The smallest absolute Gasteiger partial charge is 0.294 e. The van der Waals surface area contributed by atoms with Crippen LogP contribution in [-0.4, -0.2) is 22.7 Å². The lowest BCUT2D eigenvalue weighted by Gasteiger charge is -2.14. The summed E-state index contributed by atoms with van der Waals surface area (Å²) in [6.07, 6.45) is 1.50. The van der Waals surface area contributed by atoms with Crippen LogP contribution < -0.4 is 20.9 Å². The van der Waals surface area contributed by atoms with Crippen molar-refractivity contribution in [2.45, 2.75) is 13.8 Å². The first-order valence-electron chi connectivity index (χ1n) is 8.79. The third kappa shape index (κ3) is 4.03. The van der Waals surface area contributed by atoms with Gasteiger partial charge in [0.05, 0.1) is 6.20 Å². The van der Waals surface area contributed by atoms with E-state index in [2.05, 4.69) is 15.7 Å². The lowest BCUT2D eigenvalue weighted by atomic mass is 10.1. The lowest BCUT2D eigenvalue weighted by molar-refractivity contribution is 0.0963. The molecular formula is C21H22N4O3. The third-order valence-electron chi connectivity index (χ3n) is 4.45. The number of ether oxygens (including phenoxy) is 1. The molecule has 0 spiro atoms. The molecule has 1 heterocycles. The van der Waals surface area contributed by atoms with Crippen molar-refractivity contribution < 1.29 is 9.53 Å². The molecule has 0 radical (unpaired) electrons. The number of aromatic nitrogens is 2. The van der Waals surface area contributed by atoms with Crippen LogP contribution in [0.25, 0.3) is 0 Å². The van der Waals surface area contributed by atoms with Gasteiger partial charge < -0.3 is 15.4 Å². The molecule has 0 saturated carbocycles. The number of rotatable bonds is 5. The standard InChI is InChI=1S/C21H22N4O3/c1-13-5-10-17(11-14(13)2)28-18-12-23-25(4)21(27)19(18)24-16-8-6-15(7-9-16)20(26)22-3/h5-12,24H,1-4H3,(H,22,26). The summed E-state index contributed by atoms with van der Waals surface area (Å²) in [5, 5.41) is 9.70. The van der Waals surface area contributed by atoms with E-state index in [1.807, 2.05) is 32.0 Å². The van der Waals surface area contributed by atoms with Gasteiger partial charge in [-0.15, -0.1) is 0 Å². The van der Waals surface area contributed by atoms with Crippen LogP contribution in [0, 0.1) is 13.8 Å². The molecule has 0 saturated heterocycles. The fourth-order valence-electron chi connectivity index (χ4n) is 2.61. The topological polar surface area (TPSA) is 85.2 Å². The van der Waals surface area contributed by atoms with Crippen LogP contribution in [-0.2, 0) is 7.05 Å². The minimum atomic E-state index is -0.322. The van der Waals surface area contributed by atoms with Crippen LogP contribution in [0.3, 0.4) is 0 Å². The van der Waals surface area contributed by atoms with Crippen LogP contribution in [0.1, 0.15) is 21.5 Å². The second kappa shape index (κ2) is 7.96. The van der Waals surface area contributed by atoms with Gasteiger partial charge in [-0.3, -0.25) is 9.59 Å². The van der Waals surface area contributed by atoms with E-state index < -0.39 is 0 Å². The average Bonchev–Trinajstić information content (AvgIpc) is 2.70. The first-order chi connectivity index (χ1) is 13.4. The molecule has 2 aromatic carbocycles. The zero-order valence-corrected chi connectivity index (χ0v) is 16.2. The van der Waals surface area contributed by atoms with Gasteiger partial charge in [-0.1, -0.05) is 6.07 Å². The van der Waals surface area contributed by atoms with Gasteiger partial charge in [-0.25, -0.2) is 4.68 Å². The van der Waals surface area contributed by atoms with Crippen LogP contribution >= 0.6 is 0 Å². The quantitative estimate of drug-likeness (QED) is 0.712. The van der Waals surface area contributed by atoms with Crippen LogP contribution in [0.2, 0.25) is 0 Å². The highest BCUT2D eigenvalue weighted by atomic mass is 16.5. The Morgan fingerprint density at radius 3 is 2.43 bits per heavy atom. The summed E-state index contributed by atoms with van der Waals surface area (Å²) >= 11 is 0. The molecule has 144 valence electrons. The molecule has 3 aromatic rings. The van der Waals surface area contributed by atoms with Crippen LogP contribution in [0.4, 0.5) is 11.4 Å². The highest BCUT2D eigenvalue weighted by Gasteiger charge is 2.13. The molecule has 1 aromatic heterocycles. The summed E-state index contributed by atoms with van der Waals surface area (Å²) in [6.45, 7) is 4.02. The summed E-state index contributed by atoms with van der Waals surface area (Å²) in [5.41, 5.74) is 3.38. The van der Waals surface area contributed by atoms with Crippen molar-refractivity contribution in [1.82, 2.24) is 15.1 Å². The largest absolute Gasteiger partial charge is 0.453 e. The molecule has 2 N–H and O–H groups in total. The molecule has 0 aliphatic carbocycles. The van der Waals surface area contributed by atoms with Crippen molar-refractivity contribution in [2.24, 2.45) is 7.05 Å². The monoisotopic (exact) mass is 378 g/mol. The van der Waals surface area contributed by atoms with Crippen LogP contribution in [0.15, 0.2) is 53.5 Å². The maximum Gasteiger partial charge on any atom is 0.294 e. The molecule has 0 aliphatic heterocycles. The lowest BCUT2D eigenvalue weighted by Crippen LogP contribution is -2.22. The number of aryl methyl sites for hydroxylation is 3. The Morgan fingerprint density at radius 2 is 1.79 bits per heavy atom. The fraction of sp³-hybridized carbons (Fsp3) is 0.190. The van der Waals surface area contributed by atoms with Crippen molar-refractivity contribution in [3.8, 4) is 11.5 Å². The van der Waals surface area contributed by atoms with E-state index >= 15 is 0 Å². The average molecular weight is 378 g/mol. The minimum Gasteiger partial charge on any atom is -0.453 e. The number of hydrogen-bond acceptors (Lipinski definition) is 5. The fourth-order valence-corrected chi connectivity index (χ4v) is 2.61. The maximum atomic E-state index is 12.6. The maximum absolute atomic E-state index is 12.6. The first-order valence-corrected chi connectivity index (χ1v) is 8.79. The molecular weight excluding hydrogens is 356 g/mol. The van der Waals surface area contributed by atoms with E-state index in [1.54, 1.807) is 38.4 Å². The summed E-state index contributed by atoms with van der Waals surface area (Å²) in [7, 11) is 3.15. The second-order valence-corrected chi connectivity index (χ2v) is 6.44. The number of anilines is 2. The Bertz CT molecular complexity index is 1070. The molecule has 7 heteroatoms. The summed E-state index contributed by atoms with van der Waals surface area (Å²) in [6, 6.07) is 12.5. The highest BCUT2D eigenvalue weighted by Crippen LogP contribution is 2.29. The van der Waals surface area contributed by atoms with Gasteiger partial charge in [-0.2, -0.15) is 5.10 Å². The van der Waals surface area contributed by atoms with E-state index in [-0.39, 0.29) is 17.2 Å². The number of benzene rings is 2. The highest BCUT2D eigenvalue weighted by molar-refractivity contribution is 5.94. The van der Waals surface area contributed by atoms with E-state index in [0.717, 1.165) is 11.1 Å². The predicted octanol–water partition coefficient (Wildman–Crippen LogP) is 3.29. The SMILES string of the molecule is CNC(=O)c1ccc(Nc2c(Oc3ccc(C)c(C)c3)cnn(C)c2=O)cc1. The Hall–Kier alpha value is -3.61. The Kier molecular flexibility index (Phi) is 5.44. The molecule has 0 fully saturated rings. The third-order valence-corrected chi connectivity index (χ3v) is 4.45. The molecule has 0 atom stereocenters. The Morgan fingerprint density at radius 1 is 1.07 bits per heavy atom. The van der Waals surface area contributed by atoms with Crippen LogP contribution in [0.5, 0.6) is 11.5 Å². The van der Waals surface area contributed by atoms with Gasteiger partial charge in [0, 0.05) is 25.3 Å². The molecule has 7 nitrogen and oxygen atoms in total. The number of carbonyl (C=O) groups excluding carboxylic acids is 1. The first kappa shape index (κ1) is 19.2. The summed E-state index contributed by atoms with van der Waals surface area (Å²) in [5.74, 6) is 0.767. The molecule has 0 unspecified atom stereocenters. The van der Waals surface area contributed by atoms with E-state index in [9.17, 15) is 9.59 Å². The number of hydrogen-bond donors (Lipinski definition) is 2. The van der Waals surface area contributed by atoms with Gasteiger partial charge in [0.2, 0.25) is 0 Å². The number of nitrogens with zero attached hydrogens (tertiary/aromatic N) is 2. The van der Waals surface area contributed by atoms with Crippen molar-refractivity contribution in [2.75, 3.05) is 12.4 Å². The normalized spacial score (nSPS) is 10.4. The summed E-state index contributed by atoms with van der Waals surface area (Å²) in [4.78, 5) is 24.3. The number of nitrogens with one attached hydrogen (secondary N) is 2. The van der Waals surface area contributed by atoms with Crippen molar-refractivity contribution in [1.29, 1.82) is 0 Å². The predicted molar refractivity (Wildman–Crippen MR) is 109 cm³/mol. The molecule has 0 bridgehead atoms. The Balaban J connectivity index is 1.93. The molecule has 28 heavy (non-hydrogen) atoms. The van der Waals surface area contributed by atoms with Gasteiger partial charge in [0.1, 0.15) is 5.75 Å². The summed E-state index contributed by atoms with van der Waals surface area (Å²) < 4.78 is 7.16. The van der Waals surface area contributed by atoms with Gasteiger partial charge in [-0.05, 0) is 61.4 Å². The molecule has 1 amide bonds. The second-order valence-electron chi connectivity index (χ2n) is 6.44. The van der Waals surface area contributed by atoms with Gasteiger partial charge in [0.25, 0.3) is 11.5 Å². The van der Waals surface area contributed by atoms with Gasteiger partial charge in [0.15, 0.2) is 11.4 Å². The zero-order valence-electron chi connectivity index (χ0n) is 16.2. The number of amides is 1. The van der Waals surface area contributed by atoms with Crippen molar-refractivity contribution in [3.63, 3.8) is 0 Å². The van der Waals surface area contributed by atoms with Crippen molar-refractivity contribution in [3.05, 3.63) is 75.7 Å². The van der Waals surface area contributed by atoms with E-state index in [0.29, 0.717) is 22.7 Å². The Labute approximate surface area is 163 Å².